The predicted molar refractivity (Wildman–Crippen MR) is 61.2 cm³/mol. The molecule has 0 radical (unpaired) electrons. The summed E-state index contributed by atoms with van der Waals surface area (Å²) < 4.78 is 26.6. The smallest absolute Gasteiger partial charge is 0.219 e. The van der Waals surface area contributed by atoms with E-state index in [0.29, 0.717) is 6.54 Å². The molecule has 0 spiro atoms. The maximum absolute atomic E-state index is 13.6. The fourth-order valence-electron chi connectivity index (χ4n) is 1.60. The van der Waals surface area contributed by atoms with E-state index in [2.05, 4.69) is 5.32 Å². The van der Waals surface area contributed by atoms with Gasteiger partial charge < -0.3 is 11.1 Å². The highest BCUT2D eigenvalue weighted by Crippen LogP contribution is 2.21. The van der Waals surface area contributed by atoms with Crippen LogP contribution >= 0.6 is 0 Å². The molecule has 94 valence electrons. The summed E-state index contributed by atoms with van der Waals surface area (Å²) in [4.78, 5) is 10.9. The topological polar surface area (TPSA) is 55.1 Å². The number of hydrogen-bond donors (Lipinski definition) is 2. The minimum absolute atomic E-state index is 0.0552. The van der Waals surface area contributed by atoms with Crippen molar-refractivity contribution in [2.75, 3.05) is 6.54 Å². The van der Waals surface area contributed by atoms with Crippen LogP contribution in [0, 0.1) is 11.6 Å². The van der Waals surface area contributed by atoms with Gasteiger partial charge in [0.05, 0.1) is 0 Å². The van der Waals surface area contributed by atoms with Crippen LogP contribution in [0.2, 0.25) is 0 Å². The molecule has 1 aromatic carbocycles. The van der Waals surface area contributed by atoms with Crippen molar-refractivity contribution in [2.24, 2.45) is 5.73 Å². The number of carbonyl (C=O) groups excluding carboxylic acids is 1. The third kappa shape index (κ3) is 3.78. The molecule has 1 rings (SSSR count). The Morgan fingerprint density at radius 3 is 2.76 bits per heavy atom. The number of rotatable bonds is 6. The van der Waals surface area contributed by atoms with E-state index in [0.717, 1.165) is 12.5 Å². The number of nitrogens with one attached hydrogen (secondary N) is 1. The summed E-state index contributed by atoms with van der Waals surface area (Å²) in [5.74, 6) is -2.40. The van der Waals surface area contributed by atoms with Gasteiger partial charge in [-0.15, -0.1) is 0 Å². The summed E-state index contributed by atoms with van der Waals surface area (Å²) in [6.45, 7) is 2.55. The molecule has 1 aromatic rings. The molecule has 0 aliphatic heterocycles. The van der Waals surface area contributed by atoms with Crippen LogP contribution in [0.3, 0.4) is 0 Å². The zero-order valence-electron chi connectivity index (χ0n) is 9.67. The van der Waals surface area contributed by atoms with Crippen molar-refractivity contribution >= 4 is 5.91 Å². The Bertz CT molecular complexity index is 396. The van der Waals surface area contributed by atoms with Crippen LogP contribution in [0.1, 0.15) is 31.4 Å². The summed E-state index contributed by atoms with van der Waals surface area (Å²) in [6, 6.07) is 3.33. The molecule has 17 heavy (non-hydrogen) atoms. The molecule has 0 fully saturated rings. The van der Waals surface area contributed by atoms with Crippen LogP contribution in [0.5, 0.6) is 0 Å². The molecule has 0 aromatic heterocycles. The Balaban J connectivity index is 2.94. The largest absolute Gasteiger partial charge is 0.370 e. The van der Waals surface area contributed by atoms with E-state index in [1.807, 2.05) is 6.92 Å². The van der Waals surface area contributed by atoms with Gasteiger partial charge in [-0.25, -0.2) is 8.78 Å². The first-order valence-electron chi connectivity index (χ1n) is 5.51. The van der Waals surface area contributed by atoms with E-state index in [-0.39, 0.29) is 12.0 Å². The highest BCUT2D eigenvalue weighted by Gasteiger charge is 2.19. The van der Waals surface area contributed by atoms with Crippen molar-refractivity contribution in [1.29, 1.82) is 0 Å². The standard InChI is InChI=1S/C12H16F2N2O/c1-2-6-16-10(7-11(15)17)8-4-3-5-9(13)12(8)14/h3-5,10,16H,2,6-7H2,1H3,(H2,15,17). The van der Waals surface area contributed by atoms with Gasteiger partial charge >= 0.3 is 0 Å². The Morgan fingerprint density at radius 1 is 1.47 bits per heavy atom. The van der Waals surface area contributed by atoms with Gasteiger partial charge in [0.1, 0.15) is 0 Å². The predicted octanol–water partition coefficient (Wildman–Crippen LogP) is 1.88. The maximum Gasteiger partial charge on any atom is 0.219 e. The number of halogens is 2. The molecule has 0 saturated heterocycles. The molecule has 0 saturated carbocycles. The SMILES string of the molecule is CCCNC(CC(N)=O)c1cccc(F)c1F. The Labute approximate surface area is 99.0 Å². The summed E-state index contributed by atoms with van der Waals surface area (Å²) in [5.41, 5.74) is 5.23. The van der Waals surface area contributed by atoms with Gasteiger partial charge in [-0.2, -0.15) is 0 Å². The zero-order chi connectivity index (χ0) is 12.8. The van der Waals surface area contributed by atoms with Gasteiger partial charge in [0.2, 0.25) is 5.91 Å². The molecule has 1 amide bonds. The molecule has 0 heterocycles. The monoisotopic (exact) mass is 242 g/mol. The number of nitrogens with two attached hydrogens (primary N) is 1. The summed E-state index contributed by atoms with van der Waals surface area (Å²) in [5, 5.41) is 2.98. The van der Waals surface area contributed by atoms with Crippen LogP contribution in [-0.4, -0.2) is 12.5 Å². The van der Waals surface area contributed by atoms with E-state index in [1.165, 1.54) is 12.1 Å². The first-order valence-corrected chi connectivity index (χ1v) is 5.51. The number of amides is 1. The molecule has 5 heteroatoms. The molecule has 0 aliphatic rings. The van der Waals surface area contributed by atoms with Crippen LogP contribution in [-0.2, 0) is 4.79 Å². The third-order valence-electron chi connectivity index (χ3n) is 2.40. The second-order valence-corrected chi connectivity index (χ2v) is 3.82. The highest BCUT2D eigenvalue weighted by molar-refractivity contribution is 5.74. The van der Waals surface area contributed by atoms with Crippen molar-refractivity contribution < 1.29 is 13.6 Å². The summed E-state index contributed by atoms with van der Waals surface area (Å²) in [6.07, 6.45) is 0.770. The lowest BCUT2D eigenvalue weighted by atomic mass is 10.0. The lowest BCUT2D eigenvalue weighted by Crippen LogP contribution is -2.28. The number of carbonyl (C=O) groups is 1. The van der Waals surface area contributed by atoms with Crippen molar-refractivity contribution in [3.63, 3.8) is 0 Å². The molecular formula is C12H16F2N2O. The fourth-order valence-corrected chi connectivity index (χ4v) is 1.60. The molecule has 1 atom stereocenters. The van der Waals surface area contributed by atoms with Gasteiger partial charge in [-0.1, -0.05) is 19.1 Å². The molecule has 1 unspecified atom stereocenters. The second kappa shape index (κ2) is 6.30. The lowest BCUT2D eigenvalue weighted by molar-refractivity contribution is -0.118. The average Bonchev–Trinajstić information content (AvgIpc) is 2.28. The van der Waals surface area contributed by atoms with E-state index in [4.69, 9.17) is 5.73 Å². The number of hydrogen-bond acceptors (Lipinski definition) is 2. The number of benzene rings is 1. The van der Waals surface area contributed by atoms with Crippen molar-refractivity contribution in [1.82, 2.24) is 5.32 Å². The molecular weight excluding hydrogens is 226 g/mol. The Kier molecular flexibility index (Phi) is 5.03. The normalized spacial score (nSPS) is 12.4. The fraction of sp³-hybridized carbons (Fsp3) is 0.417. The van der Waals surface area contributed by atoms with Crippen LogP contribution in [0.25, 0.3) is 0 Å². The lowest BCUT2D eigenvalue weighted by Gasteiger charge is -2.18. The Hall–Kier alpha value is -1.49. The van der Waals surface area contributed by atoms with E-state index in [9.17, 15) is 13.6 Å². The molecule has 3 N–H and O–H groups in total. The summed E-state index contributed by atoms with van der Waals surface area (Å²) in [7, 11) is 0. The molecule has 0 bridgehead atoms. The molecule has 0 aliphatic carbocycles. The maximum atomic E-state index is 13.6. The van der Waals surface area contributed by atoms with Crippen LogP contribution in [0.15, 0.2) is 18.2 Å². The van der Waals surface area contributed by atoms with Crippen LogP contribution in [0.4, 0.5) is 8.78 Å². The van der Waals surface area contributed by atoms with Gasteiger partial charge in [-0.3, -0.25) is 4.79 Å². The second-order valence-electron chi connectivity index (χ2n) is 3.82. The van der Waals surface area contributed by atoms with E-state index >= 15 is 0 Å². The first kappa shape index (κ1) is 13.6. The average molecular weight is 242 g/mol. The van der Waals surface area contributed by atoms with Crippen molar-refractivity contribution in [3.05, 3.63) is 35.4 Å². The first-order chi connectivity index (χ1) is 8.06. The minimum atomic E-state index is -0.928. The molecule has 3 nitrogen and oxygen atoms in total. The van der Waals surface area contributed by atoms with E-state index in [1.54, 1.807) is 0 Å². The minimum Gasteiger partial charge on any atom is -0.370 e. The zero-order valence-corrected chi connectivity index (χ0v) is 9.67. The Morgan fingerprint density at radius 2 is 2.18 bits per heavy atom. The van der Waals surface area contributed by atoms with Crippen molar-refractivity contribution in [2.45, 2.75) is 25.8 Å². The third-order valence-corrected chi connectivity index (χ3v) is 2.40. The quantitative estimate of drug-likeness (QED) is 0.800. The van der Waals surface area contributed by atoms with Gasteiger partial charge in [-0.05, 0) is 19.0 Å². The van der Waals surface area contributed by atoms with E-state index < -0.39 is 23.6 Å². The van der Waals surface area contributed by atoms with Crippen molar-refractivity contribution in [3.8, 4) is 0 Å². The van der Waals surface area contributed by atoms with Crippen LogP contribution < -0.4 is 11.1 Å². The summed E-state index contributed by atoms with van der Waals surface area (Å²) >= 11 is 0. The van der Waals surface area contributed by atoms with Gasteiger partial charge in [0, 0.05) is 18.0 Å². The van der Waals surface area contributed by atoms with Gasteiger partial charge in [0.15, 0.2) is 11.6 Å². The van der Waals surface area contributed by atoms with Gasteiger partial charge in [0.25, 0.3) is 0 Å². The highest BCUT2D eigenvalue weighted by atomic mass is 19.2. The number of primary amides is 1.